The number of unbranched alkanes of at least 4 members (excludes halogenated alkanes) is 26. The van der Waals surface area contributed by atoms with Crippen molar-refractivity contribution in [2.75, 3.05) is 13.2 Å². The van der Waals surface area contributed by atoms with Gasteiger partial charge in [0, 0.05) is 0 Å². The molecule has 0 aromatic carbocycles. The van der Waals surface area contributed by atoms with Gasteiger partial charge in [0.15, 0.2) is 6.29 Å². The number of carbonyl (C=O) groups is 1. The second kappa shape index (κ2) is 42.9. The van der Waals surface area contributed by atoms with Gasteiger partial charge in [0.25, 0.3) is 0 Å². The van der Waals surface area contributed by atoms with Crippen LogP contribution >= 0.6 is 0 Å². The minimum absolute atomic E-state index is 0.235. The fraction of sp³-hybridized carbons (Fsp3) is 0.830. The molecule has 8 atom stereocenters. The van der Waals surface area contributed by atoms with Crippen LogP contribution in [0.2, 0.25) is 0 Å². The SMILES string of the molecule is CC/C=C\C/C=C\CCCCCCCCCCCCCCCC(O)C(=O)NC(COC1OC(CO)C(O)C(OS(=O)(=O)O)C1O)C(O)/C=C/CC/C=C/CCCCCCCCCCCCCC. The summed E-state index contributed by atoms with van der Waals surface area (Å²) in [5.41, 5.74) is 0. The number of carbonyl (C=O) groups excluding carboxylic acids is 1. The third-order valence-corrected chi connectivity index (χ3v) is 12.9. The van der Waals surface area contributed by atoms with Crippen LogP contribution in [0.5, 0.6) is 0 Å². The molecule has 7 N–H and O–H groups in total. The van der Waals surface area contributed by atoms with Crippen molar-refractivity contribution in [1.29, 1.82) is 0 Å². The first kappa shape index (κ1) is 63.0. The maximum absolute atomic E-state index is 13.2. The van der Waals surface area contributed by atoms with Gasteiger partial charge >= 0.3 is 10.4 Å². The third kappa shape index (κ3) is 34.9. The van der Waals surface area contributed by atoms with Gasteiger partial charge in [-0.05, 0) is 57.8 Å². The van der Waals surface area contributed by atoms with E-state index in [4.69, 9.17) is 9.47 Å². The molecule has 1 amide bonds. The molecule has 0 spiro atoms. The molecular formula is C53H97NO12S. The fourth-order valence-corrected chi connectivity index (χ4v) is 8.79. The summed E-state index contributed by atoms with van der Waals surface area (Å²) in [5, 5.41) is 55.4. The van der Waals surface area contributed by atoms with E-state index in [0.717, 1.165) is 51.4 Å². The van der Waals surface area contributed by atoms with E-state index < -0.39 is 78.5 Å². The third-order valence-electron chi connectivity index (χ3n) is 12.5. The van der Waals surface area contributed by atoms with Gasteiger partial charge in [-0.2, -0.15) is 8.42 Å². The Labute approximate surface area is 407 Å². The highest BCUT2D eigenvalue weighted by atomic mass is 32.3. The predicted octanol–water partition coefficient (Wildman–Crippen LogP) is 10.6. The van der Waals surface area contributed by atoms with Crippen LogP contribution in [0.3, 0.4) is 0 Å². The largest absolute Gasteiger partial charge is 0.397 e. The van der Waals surface area contributed by atoms with Gasteiger partial charge in [0.1, 0.15) is 30.5 Å². The molecule has 0 bridgehead atoms. The van der Waals surface area contributed by atoms with E-state index in [2.05, 4.69) is 59.8 Å². The zero-order valence-electron chi connectivity index (χ0n) is 41.8. The van der Waals surface area contributed by atoms with E-state index in [-0.39, 0.29) is 6.42 Å². The average Bonchev–Trinajstić information content (AvgIpc) is 3.30. The van der Waals surface area contributed by atoms with E-state index in [1.807, 2.05) is 0 Å². The lowest BCUT2D eigenvalue weighted by Crippen LogP contribution is -2.61. The molecule has 0 saturated carbocycles. The average molecular weight is 972 g/mol. The smallest absolute Gasteiger partial charge is 0.394 e. The van der Waals surface area contributed by atoms with Crippen molar-refractivity contribution in [2.24, 2.45) is 0 Å². The van der Waals surface area contributed by atoms with Crippen molar-refractivity contribution in [1.82, 2.24) is 5.32 Å². The van der Waals surface area contributed by atoms with Crippen LogP contribution in [0.4, 0.5) is 0 Å². The van der Waals surface area contributed by atoms with Gasteiger partial charge in [-0.1, -0.05) is 210 Å². The number of hydrogen-bond acceptors (Lipinski definition) is 11. The van der Waals surface area contributed by atoms with Crippen molar-refractivity contribution in [3.05, 3.63) is 48.6 Å². The van der Waals surface area contributed by atoms with E-state index in [0.29, 0.717) is 12.8 Å². The summed E-state index contributed by atoms with van der Waals surface area (Å²) in [4.78, 5) is 13.2. The minimum atomic E-state index is -5.13. The molecular weight excluding hydrogens is 875 g/mol. The second-order valence-corrected chi connectivity index (χ2v) is 19.6. The monoisotopic (exact) mass is 972 g/mol. The molecule has 1 rings (SSSR count). The van der Waals surface area contributed by atoms with E-state index in [9.17, 15) is 43.3 Å². The number of rotatable bonds is 45. The first-order valence-corrected chi connectivity index (χ1v) is 28.0. The molecule has 67 heavy (non-hydrogen) atoms. The highest BCUT2D eigenvalue weighted by Crippen LogP contribution is 2.26. The number of nitrogens with one attached hydrogen (secondary N) is 1. The number of amides is 1. The number of hydrogen-bond donors (Lipinski definition) is 7. The summed E-state index contributed by atoms with van der Waals surface area (Å²) < 4.78 is 47.7. The Bertz CT molecular complexity index is 1390. The van der Waals surface area contributed by atoms with Crippen LogP contribution in [0.1, 0.15) is 219 Å². The van der Waals surface area contributed by atoms with Crippen LogP contribution in [-0.4, -0.2) is 107 Å². The van der Waals surface area contributed by atoms with Crippen molar-refractivity contribution in [2.45, 2.75) is 268 Å². The Morgan fingerprint density at radius 1 is 0.627 bits per heavy atom. The maximum atomic E-state index is 13.2. The molecule has 0 aliphatic carbocycles. The molecule has 1 aliphatic heterocycles. The Balaban J connectivity index is 2.50. The van der Waals surface area contributed by atoms with Gasteiger partial charge < -0.3 is 40.3 Å². The minimum Gasteiger partial charge on any atom is -0.394 e. The fourth-order valence-electron chi connectivity index (χ4n) is 8.28. The molecule has 14 heteroatoms. The summed E-state index contributed by atoms with van der Waals surface area (Å²) in [5.74, 6) is -0.713. The van der Waals surface area contributed by atoms with Crippen molar-refractivity contribution in [3.8, 4) is 0 Å². The lowest BCUT2D eigenvalue weighted by molar-refractivity contribution is -0.298. The van der Waals surface area contributed by atoms with Crippen molar-refractivity contribution >= 4 is 16.3 Å². The lowest BCUT2D eigenvalue weighted by atomic mass is 9.99. The Morgan fingerprint density at radius 3 is 1.60 bits per heavy atom. The van der Waals surface area contributed by atoms with Gasteiger partial charge in [0.05, 0.1) is 25.4 Å². The van der Waals surface area contributed by atoms with E-state index in [1.165, 1.54) is 141 Å². The molecule has 0 radical (unpaired) electrons. The van der Waals surface area contributed by atoms with Crippen molar-refractivity contribution < 1.29 is 57.0 Å². The maximum Gasteiger partial charge on any atom is 0.397 e. The molecule has 1 fully saturated rings. The van der Waals surface area contributed by atoms with Gasteiger partial charge in [-0.15, -0.1) is 0 Å². The van der Waals surface area contributed by atoms with E-state index in [1.54, 1.807) is 6.08 Å². The molecule has 13 nitrogen and oxygen atoms in total. The van der Waals surface area contributed by atoms with Crippen molar-refractivity contribution in [3.63, 3.8) is 0 Å². The Kier molecular flexibility index (Phi) is 40.3. The van der Waals surface area contributed by atoms with Gasteiger partial charge in [-0.3, -0.25) is 9.35 Å². The highest BCUT2D eigenvalue weighted by molar-refractivity contribution is 7.80. The zero-order chi connectivity index (χ0) is 49.2. The molecule has 392 valence electrons. The quantitative estimate of drug-likeness (QED) is 0.0173. The highest BCUT2D eigenvalue weighted by Gasteiger charge is 2.48. The zero-order valence-corrected chi connectivity index (χ0v) is 42.6. The van der Waals surface area contributed by atoms with Crippen LogP contribution < -0.4 is 5.32 Å². The lowest BCUT2D eigenvalue weighted by Gasteiger charge is -2.41. The van der Waals surface area contributed by atoms with Gasteiger partial charge in [-0.25, -0.2) is 4.18 Å². The Morgan fingerprint density at radius 2 is 1.09 bits per heavy atom. The normalized spacial score (nSPS) is 20.7. The summed E-state index contributed by atoms with van der Waals surface area (Å²) in [6.07, 6.45) is 41.9. The van der Waals surface area contributed by atoms with Crippen LogP contribution in [0.25, 0.3) is 0 Å². The second-order valence-electron chi connectivity index (χ2n) is 18.6. The molecule has 0 aromatic heterocycles. The summed E-state index contributed by atoms with van der Waals surface area (Å²) in [7, 11) is -5.13. The summed E-state index contributed by atoms with van der Waals surface area (Å²) >= 11 is 0. The molecule has 0 aromatic rings. The number of ether oxygens (including phenoxy) is 2. The topological polar surface area (TPSA) is 212 Å². The van der Waals surface area contributed by atoms with Crippen LogP contribution in [0, 0.1) is 0 Å². The number of allylic oxidation sites excluding steroid dienone is 7. The van der Waals surface area contributed by atoms with E-state index >= 15 is 0 Å². The number of aliphatic hydroxyl groups excluding tert-OH is 5. The van der Waals surface area contributed by atoms with Gasteiger partial charge in [0.2, 0.25) is 5.91 Å². The summed E-state index contributed by atoms with van der Waals surface area (Å²) in [6, 6.07) is -1.14. The molecule has 1 heterocycles. The molecule has 8 unspecified atom stereocenters. The van der Waals surface area contributed by atoms with Crippen LogP contribution in [-0.2, 0) is 28.9 Å². The molecule has 1 aliphatic rings. The Hall–Kier alpha value is -1.98. The first-order valence-electron chi connectivity index (χ1n) is 26.6. The standard InChI is InChI=1S/C53H97NO12S/c1-3-5-7-9-11-13-15-17-19-21-23-24-26-28-30-32-34-36-38-40-42-47(57)52(60)54-45(44-64-53-50(59)51(66-67(61,62)63)49(58)48(43-55)65-53)46(56)41-39-37-35-33-31-29-27-25-22-20-18-16-14-12-10-8-6-4-2/h5,7,11,13,31,33,39,41,45-51,53,55-59H,3-4,6,8-10,12,14-30,32,34-38,40,42-44H2,1-2H3,(H,54,60)(H,61,62,63)/b7-5-,13-11-,33-31+,41-39+. The molecule has 1 saturated heterocycles. The predicted molar refractivity (Wildman–Crippen MR) is 270 cm³/mol. The van der Waals surface area contributed by atoms with Crippen LogP contribution in [0.15, 0.2) is 48.6 Å². The first-order chi connectivity index (χ1) is 32.4. The number of aliphatic hydroxyl groups is 5. The summed E-state index contributed by atoms with van der Waals surface area (Å²) in [6.45, 7) is 3.12.